The van der Waals surface area contributed by atoms with E-state index in [-0.39, 0.29) is 5.91 Å². The van der Waals surface area contributed by atoms with Crippen molar-refractivity contribution < 1.29 is 9.63 Å². The Hall–Kier alpha value is -0.570. The van der Waals surface area contributed by atoms with Gasteiger partial charge < -0.3 is 0 Å². The lowest BCUT2D eigenvalue weighted by atomic mass is 10.1. The van der Waals surface area contributed by atoms with Gasteiger partial charge in [-0.25, -0.2) is 5.06 Å². The van der Waals surface area contributed by atoms with E-state index in [1.807, 2.05) is 0 Å². The Morgan fingerprint density at radius 3 is 2.55 bits per heavy atom. The molecule has 11 heavy (non-hydrogen) atoms. The number of amides is 1. The maximum atomic E-state index is 11.1. The summed E-state index contributed by atoms with van der Waals surface area (Å²) in [6.45, 7) is 4.13. The van der Waals surface area contributed by atoms with Crippen LogP contribution in [0.1, 0.15) is 26.7 Å². The third-order valence-corrected chi connectivity index (χ3v) is 1.85. The Morgan fingerprint density at radius 1 is 1.64 bits per heavy atom. The van der Waals surface area contributed by atoms with Crippen LogP contribution >= 0.6 is 0 Å². The average Bonchev–Trinajstić information content (AvgIpc) is 2.02. The quantitative estimate of drug-likeness (QED) is 0.581. The second-order valence-electron chi connectivity index (χ2n) is 2.79. The van der Waals surface area contributed by atoms with Crippen LogP contribution in [0.4, 0.5) is 0 Å². The summed E-state index contributed by atoms with van der Waals surface area (Å²) in [4.78, 5) is 15.9. The first-order valence-electron chi connectivity index (χ1n) is 3.92. The summed E-state index contributed by atoms with van der Waals surface area (Å²) in [6.07, 6.45) is 1.60. The molecule has 0 aromatic rings. The Balaban J connectivity index is 3.68. The standard InChI is InChI=1S/C8H17NO2/c1-5-7(2)6-8(10)9(3)11-4/h7H,5-6H2,1-4H3/t7-/m1/s1. The second-order valence-corrected chi connectivity index (χ2v) is 2.79. The normalized spacial score (nSPS) is 12.7. The van der Waals surface area contributed by atoms with Crippen molar-refractivity contribution >= 4 is 5.91 Å². The summed E-state index contributed by atoms with van der Waals surface area (Å²) in [5, 5.41) is 1.27. The predicted octanol–water partition coefficient (Wildman–Crippen LogP) is 1.44. The number of nitrogens with zero attached hydrogens (tertiary/aromatic N) is 1. The first kappa shape index (κ1) is 10.4. The van der Waals surface area contributed by atoms with Gasteiger partial charge in [-0.2, -0.15) is 0 Å². The van der Waals surface area contributed by atoms with Gasteiger partial charge in [0.2, 0.25) is 5.91 Å². The molecule has 0 spiro atoms. The van der Waals surface area contributed by atoms with Crippen LogP contribution < -0.4 is 0 Å². The molecule has 0 bridgehead atoms. The van der Waals surface area contributed by atoms with E-state index in [0.717, 1.165) is 6.42 Å². The first-order valence-corrected chi connectivity index (χ1v) is 3.92. The van der Waals surface area contributed by atoms with Crippen molar-refractivity contribution in [3.8, 4) is 0 Å². The monoisotopic (exact) mass is 159 g/mol. The van der Waals surface area contributed by atoms with E-state index in [2.05, 4.69) is 13.8 Å². The van der Waals surface area contributed by atoms with Gasteiger partial charge in [0.1, 0.15) is 0 Å². The number of carbonyl (C=O) groups excluding carboxylic acids is 1. The SMILES string of the molecule is CC[C@@H](C)CC(=O)N(C)OC. The molecule has 0 rings (SSSR count). The van der Waals surface area contributed by atoms with Crippen LogP contribution in [-0.4, -0.2) is 25.1 Å². The molecule has 0 radical (unpaired) electrons. The van der Waals surface area contributed by atoms with Crippen LogP contribution in [0.5, 0.6) is 0 Å². The van der Waals surface area contributed by atoms with Crippen LogP contribution in [0, 0.1) is 5.92 Å². The van der Waals surface area contributed by atoms with Gasteiger partial charge in [-0.05, 0) is 5.92 Å². The third-order valence-electron chi connectivity index (χ3n) is 1.85. The lowest BCUT2D eigenvalue weighted by Gasteiger charge is -2.15. The summed E-state index contributed by atoms with van der Waals surface area (Å²) < 4.78 is 0. The van der Waals surface area contributed by atoms with Crippen LogP contribution in [0.25, 0.3) is 0 Å². The van der Waals surface area contributed by atoms with Crippen LogP contribution in [0.2, 0.25) is 0 Å². The van der Waals surface area contributed by atoms with E-state index in [9.17, 15) is 4.79 Å². The number of rotatable bonds is 4. The highest BCUT2D eigenvalue weighted by Crippen LogP contribution is 2.07. The Morgan fingerprint density at radius 2 is 2.18 bits per heavy atom. The molecule has 0 N–H and O–H groups in total. The average molecular weight is 159 g/mol. The van der Waals surface area contributed by atoms with Gasteiger partial charge in [0.25, 0.3) is 0 Å². The van der Waals surface area contributed by atoms with Crippen LogP contribution in [-0.2, 0) is 9.63 Å². The minimum Gasteiger partial charge on any atom is -0.275 e. The van der Waals surface area contributed by atoms with Gasteiger partial charge in [-0.15, -0.1) is 0 Å². The van der Waals surface area contributed by atoms with E-state index in [0.29, 0.717) is 12.3 Å². The molecule has 0 unspecified atom stereocenters. The number of hydroxylamine groups is 2. The van der Waals surface area contributed by atoms with Gasteiger partial charge in [-0.1, -0.05) is 20.3 Å². The molecule has 0 aliphatic heterocycles. The van der Waals surface area contributed by atoms with Crippen molar-refractivity contribution in [2.45, 2.75) is 26.7 Å². The van der Waals surface area contributed by atoms with Crippen molar-refractivity contribution in [3.63, 3.8) is 0 Å². The molecule has 0 saturated carbocycles. The molecule has 3 nitrogen and oxygen atoms in total. The van der Waals surface area contributed by atoms with Crippen molar-refractivity contribution in [1.82, 2.24) is 5.06 Å². The van der Waals surface area contributed by atoms with Gasteiger partial charge in [0, 0.05) is 13.5 Å². The highest BCUT2D eigenvalue weighted by Gasteiger charge is 2.10. The summed E-state index contributed by atoms with van der Waals surface area (Å²) in [6, 6.07) is 0. The van der Waals surface area contributed by atoms with Crippen molar-refractivity contribution in [2.75, 3.05) is 14.2 Å². The fraction of sp³-hybridized carbons (Fsp3) is 0.875. The van der Waals surface area contributed by atoms with Gasteiger partial charge in [-0.3, -0.25) is 9.63 Å². The third kappa shape index (κ3) is 3.98. The van der Waals surface area contributed by atoms with Gasteiger partial charge >= 0.3 is 0 Å². The van der Waals surface area contributed by atoms with Gasteiger partial charge in [0.15, 0.2) is 0 Å². The molecule has 66 valence electrons. The van der Waals surface area contributed by atoms with E-state index < -0.39 is 0 Å². The van der Waals surface area contributed by atoms with Crippen LogP contribution in [0.3, 0.4) is 0 Å². The molecule has 0 aromatic carbocycles. The summed E-state index contributed by atoms with van der Waals surface area (Å²) >= 11 is 0. The van der Waals surface area contributed by atoms with E-state index in [1.165, 1.54) is 12.2 Å². The van der Waals surface area contributed by atoms with Crippen molar-refractivity contribution in [1.29, 1.82) is 0 Å². The molecule has 0 saturated heterocycles. The molecular weight excluding hydrogens is 142 g/mol. The van der Waals surface area contributed by atoms with Crippen molar-refractivity contribution in [3.05, 3.63) is 0 Å². The number of carbonyl (C=O) groups is 1. The first-order chi connectivity index (χ1) is 5.11. The molecule has 0 aromatic heterocycles. The molecule has 0 aliphatic carbocycles. The number of hydrogen-bond acceptors (Lipinski definition) is 2. The molecular formula is C8H17NO2. The highest BCUT2D eigenvalue weighted by atomic mass is 16.7. The zero-order valence-corrected chi connectivity index (χ0v) is 7.76. The summed E-state index contributed by atoms with van der Waals surface area (Å²) in [5.41, 5.74) is 0. The van der Waals surface area contributed by atoms with Gasteiger partial charge in [0.05, 0.1) is 7.11 Å². The zero-order chi connectivity index (χ0) is 8.85. The lowest BCUT2D eigenvalue weighted by molar-refractivity contribution is -0.169. The molecule has 1 amide bonds. The largest absolute Gasteiger partial charge is 0.275 e. The van der Waals surface area contributed by atoms with E-state index in [1.54, 1.807) is 7.05 Å². The minimum atomic E-state index is 0.0434. The molecule has 3 heteroatoms. The molecule has 0 heterocycles. The topological polar surface area (TPSA) is 29.5 Å². The Labute approximate surface area is 68.3 Å². The minimum absolute atomic E-state index is 0.0434. The number of hydrogen-bond donors (Lipinski definition) is 0. The lowest BCUT2D eigenvalue weighted by Crippen LogP contribution is -2.26. The fourth-order valence-electron chi connectivity index (χ4n) is 0.673. The Kier molecular flexibility index (Phi) is 4.86. The predicted molar refractivity (Wildman–Crippen MR) is 43.9 cm³/mol. The molecule has 1 atom stereocenters. The highest BCUT2D eigenvalue weighted by molar-refractivity contribution is 5.74. The van der Waals surface area contributed by atoms with E-state index in [4.69, 9.17) is 4.84 Å². The molecule has 0 aliphatic rings. The molecule has 0 fully saturated rings. The fourth-order valence-corrected chi connectivity index (χ4v) is 0.673. The Bertz CT molecular complexity index is 125. The van der Waals surface area contributed by atoms with Crippen molar-refractivity contribution in [2.24, 2.45) is 5.92 Å². The summed E-state index contributed by atoms with van der Waals surface area (Å²) in [7, 11) is 3.12. The van der Waals surface area contributed by atoms with Crippen LogP contribution in [0.15, 0.2) is 0 Å². The maximum absolute atomic E-state index is 11.1. The second kappa shape index (κ2) is 5.13. The summed E-state index contributed by atoms with van der Waals surface area (Å²) in [5.74, 6) is 0.488. The van der Waals surface area contributed by atoms with E-state index >= 15 is 0 Å². The maximum Gasteiger partial charge on any atom is 0.246 e. The smallest absolute Gasteiger partial charge is 0.246 e. The zero-order valence-electron chi connectivity index (χ0n) is 7.76.